The van der Waals surface area contributed by atoms with E-state index in [9.17, 15) is 4.79 Å². The first-order chi connectivity index (χ1) is 7.19. The van der Waals surface area contributed by atoms with Gasteiger partial charge in [0.1, 0.15) is 5.75 Å². The second-order valence-electron chi connectivity index (χ2n) is 3.08. The zero-order valence-electron chi connectivity index (χ0n) is 8.62. The zero-order chi connectivity index (χ0) is 11.3. The van der Waals surface area contributed by atoms with Crippen molar-refractivity contribution in [1.82, 2.24) is 0 Å². The Kier molecular flexibility index (Phi) is 3.75. The molecule has 1 aromatic rings. The average Bonchev–Trinajstić information content (AvgIpc) is 2.26. The predicted octanol–water partition coefficient (Wildman–Crippen LogP) is 1.87. The lowest BCUT2D eigenvalue weighted by atomic mass is 10.0. The minimum atomic E-state index is -0.0515. The average molecular weight is 203 g/mol. The number of carbonyl (C=O) groups is 1. The minimum absolute atomic E-state index is 0.0515. The van der Waals surface area contributed by atoms with Crippen LogP contribution in [0.2, 0.25) is 0 Å². The molecule has 0 aliphatic heterocycles. The third-order valence-corrected chi connectivity index (χ3v) is 2.06. The second kappa shape index (κ2) is 5.06. The van der Waals surface area contributed by atoms with E-state index < -0.39 is 0 Å². The third kappa shape index (κ3) is 2.75. The summed E-state index contributed by atoms with van der Waals surface area (Å²) in [5, 5.41) is 0. The molecule has 0 aliphatic carbocycles. The van der Waals surface area contributed by atoms with Crippen molar-refractivity contribution in [3.63, 3.8) is 0 Å². The van der Waals surface area contributed by atoms with Gasteiger partial charge in [-0.2, -0.15) is 0 Å². The molecule has 2 N–H and O–H groups in total. The molecule has 0 unspecified atom stereocenters. The van der Waals surface area contributed by atoms with E-state index in [1.54, 1.807) is 25.3 Å². The van der Waals surface area contributed by atoms with Gasteiger partial charge in [-0.25, -0.2) is 0 Å². The standard InChI is InChI=1S/C12H13NO2/c1-3-4-5-12(14)10-8-9(15-2)6-7-11(10)13/h1,6-8H,4-5,13H2,2H3. The molecule has 15 heavy (non-hydrogen) atoms. The topological polar surface area (TPSA) is 52.3 Å². The van der Waals surface area contributed by atoms with Crippen LogP contribution in [-0.4, -0.2) is 12.9 Å². The Bertz CT molecular complexity index is 405. The third-order valence-electron chi connectivity index (χ3n) is 2.06. The lowest BCUT2D eigenvalue weighted by molar-refractivity contribution is 0.0985. The number of Topliss-reactive ketones (excluding diaryl/α,β-unsaturated/α-hetero) is 1. The smallest absolute Gasteiger partial charge is 0.166 e. The van der Waals surface area contributed by atoms with E-state index in [0.29, 0.717) is 29.8 Å². The molecule has 0 radical (unpaired) electrons. The van der Waals surface area contributed by atoms with E-state index in [2.05, 4.69) is 5.92 Å². The summed E-state index contributed by atoms with van der Waals surface area (Å²) in [6, 6.07) is 5.00. The largest absolute Gasteiger partial charge is 0.497 e. The Morgan fingerprint density at radius 2 is 2.33 bits per heavy atom. The van der Waals surface area contributed by atoms with E-state index >= 15 is 0 Å². The normalized spacial score (nSPS) is 9.33. The molecule has 0 spiro atoms. The molecule has 0 heterocycles. The van der Waals surface area contributed by atoms with Gasteiger partial charge in [-0.05, 0) is 18.2 Å². The Hall–Kier alpha value is -1.95. The minimum Gasteiger partial charge on any atom is -0.497 e. The number of benzene rings is 1. The van der Waals surface area contributed by atoms with Crippen molar-refractivity contribution in [1.29, 1.82) is 0 Å². The van der Waals surface area contributed by atoms with Gasteiger partial charge in [0.2, 0.25) is 0 Å². The lowest BCUT2D eigenvalue weighted by Crippen LogP contribution is -2.03. The molecule has 0 aromatic heterocycles. The number of terminal acetylenes is 1. The Labute approximate surface area is 89.2 Å². The van der Waals surface area contributed by atoms with Crippen molar-refractivity contribution in [3.05, 3.63) is 23.8 Å². The maximum Gasteiger partial charge on any atom is 0.166 e. The summed E-state index contributed by atoms with van der Waals surface area (Å²) in [5.41, 5.74) is 6.62. The lowest BCUT2D eigenvalue weighted by Gasteiger charge is -2.06. The van der Waals surface area contributed by atoms with Crippen LogP contribution in [0.15, 0.2) is 18.2 Å². The van der Waals surface area contributed by atoms with Crippen LogP contribution in [0.4, 0.5) is 5.69 Å². The van der Waals surface area contributed by atoms with Gasteiger partial charge in [0.25, 0.3) is 0 Å². The van der Waals surface area contributed by atoms with E-state index in [1.165, 1.54) is 0 Å². The van der Waals surface area contributed by atoms with Gasteiger partial charge in [-0.15, -0.1) is 12.3 Å². The van der Waals surface area contributed by atoms with Crippen molar-refractivity contribution in [2.24, 2.45) is 0 Å². The molecule has 0 amide bonds. The number of anilines is 1. The monoisotopic (exact) mass is 203 g/mol. The van der Waals surface area contributed by atoms with Crippen LogP contribution in [0.25, 0.3) is 0 Å². The number of ether oxygens (including phenoxy) is 1. The van der Waals surface area contributed by atoms with Crippen LogP contribution in [-0.2, 0) is 0 Å². The number of hydrogen-bond acceptors (Lipinski definition) is 3. The number of carbonyl (C=O) groups excluding carboxylic acids is 1. The summed E-state index contributed by atoms with van der Waals surface area (Å²) in [4.78, 5) is 11.7. The van der Waals surface area contributed by atoms with Gasteiger partial charge in [0.05, 0.1) is 7.11 Å². The molecule has 0 saturated heterocycles. The van der Waals surface area contributed by atoms with E-state index in [4.69, 9.17) is 16.9 Å². The summed E-state index contributed by atoms with van der Waals surface area (Å²) in [6.07, 6.45) is 5.83. The molecular formula is C12H13NO2. The van der Waals surface area contributed by atoms with Crippen LogP contribution in [0, 0.1) is 12.3 Å². The number of hydrogen-bond donors (Lipinski definition) is 1. The first-order valence-corrected chi connectivity index (χ1v) is 4.59. The molecule has 1 aromatic carbocycles. The Morgan fingerprint density at radius 1 is 1.60 bits per heavy atom. The fourth-order valence-electron chi connectivity index (χ4n) is 1.22. The Balaban J connectivity index is 2.92. The maximum atomic E-state index is 11.7. The summed E-state index contributed by atoms with van der Waals surface area (Å²) < 4.78 is 5.02. The van der Waals surface area contributed by atoms with E-state index in [-0.39, 0.29) is 5.78 Å². The van der Waals surface area contributed by atoms with Crippen LogP contribution in [0.5, 0.6) is 5.75 Å². The predicted molar refractivity (Wildman–Crippen MR) is 59.8 cm³/mol. The highest BCUT2D eigenvalue weighted by atomic mass is 16.5. The van der Waals surface area contributed by atoms with E-state index in [1.807, 2.05) is 0 Å². The number of nitrogen functional groups attached to an aromatic ring is 1. The highest BCUT2D eigenvalue weighted by Gasteiger charge is 2.10. The summed E-state index contributed by atoms with van der Waals surface area (Å²) in [5.74, 6) is 2.99. The van der Waals surface area contributed by atoms with Crippen LogP contribution < -0.4 is 10.5 Å². The quantitative estimate of drug-likeness (QED) is 0.461. The van der Waals surface area contributed by atoms with Crippen molar-refractivity contribution in [2.45, 2.75) is 12.8 Å². The summed E-state index contributed by atoms with van der Waals surface area (Å²) in [7, 11) is 1.54. The zero-order valence-corrected chi connectivity index (χ0v) is 8.62. The number of nitrogens with two attached hydrogens (primary N) is 1. The fraction of sp³-hybridized carbons (Fsp3) is 0.250. The number of methoxy groups -OCH3 is 1. The molecule has 0 bridgehead atoms. The first kappa shape index (κ1) is 11.1. The van der Waals surface area contributed by atoms with Gasteiger partial charge >= 0.3 is 0 Å². The molecule has 0 fully saturated rings. The maximum absolute atomic E-state index is 11.7. The van der Waals surface area contributed by atoms with Gasteiger partial charge in [0.15, 0.2) is 5.78 Å². The van der Waals surface area contributed by atoms with Gasteiger partial charge in [-0.3, -0.25) is 4.79 Å². The van der Waals surface area contributed by atoms with E-state index in [0.717, 1.165) is 0 Å². The van der Waals surface area contributed by atoms with Crippen molar-refractivity contribution >= 4 is 11.5 Å². The number of rotatable bonds is 4. The van der Waals surface area contributed by atoms with Gasteiger partial charge < -0.3 is 10.5 Å². The molecule has 0 aliphatic rings. The van der Waals surface area contributed by atoms with Crippen LogP contribution >= 0.6 is 0 Å². The molecule has 0 atom stereocenters. The Morgan fingerprint density at radius 3 is 2.93 bits per heavy atom. The fourth-order valence-corrected chi connectivity index (χ4v) is 1.22. The highest BCUT2D eigenvalue weighted by molar-refractivity contribution is 6.01. The summed E-state index contributed by atoms with van der Waals surface area (Å²) in [6.45, 7) is 0. The van der Waals surface area contributed by atoms with Gasteiger partial charge in [0, 0.05) is 24.1 Å². The molecule has 78 valence electrons. The first-order valence-electron chi connectivity index (χ1n) is 4.59. The number of ketones is 1. The SMILES string of the molecule is C#CCCC(=O)c1cc(OC)ccc1N. The van der Waals surface area contributed by atoms with Crippen molar-refractivity contribution in [2.75, 3.05) is 12.8 Å². The van der Waals surface area contributed by atoms with Crippen molar-refractivity contribution < 1.29 is 9.53 Å². The summed E-state index contributed by atoms with van der Waals surface area (Å²) >= 11 is 0. The second-order valence-corrected chi connectivity index (χ2v) is 3.08. The van der Waals surface area contributed by atoms with Crippen LogP contribution in [0.3, 0.4) is 0 Å². The highest BCUT2D eigenvalue weighted by Crippen LogP contribution is 2.21. The van der Waals surface area contributed by atoms with Gasteiger partial charge in [-0.1, -0.05) is 0 Å². The molecule has 3 nitrogen and oxygen atoms in total. The van der Waals surface area contributed by atoms with Crippen molar-refractivity contribution in [3.8, 4) is 18.1 Å². The molecule has 3 heteroatoms. The molecular weight excluding hydrogens is 190 g/mol. The molecule has 1 rings (SSSR count). The molecule has 0 saturated carbocycles. The van der Waals surface area contributed by atoms with Crippen LogP contribution in [0.1, 0.15) is 23.2 Å².